The van der Waals surface area contributed by atoms with E-state index in [1.807, 2.05) is 36.4 Å². The molecule has 34 heavy (non-hydrogen) atoms. The zero-order valence-electron chi connectivity index (χ0n) is 19.0. The summed E-state index contributed by atoms with van der Waals surface area (Å²) in [6.07, 6.45) is 3.91. The van der Waals surface area contributed by atoms with Crippen LogP contribution in [0.4, 0.5) is 14.9 Å². The molecule has 6 nitrogen and oxygen atoms in total. The van der Waals surface area contributed by atoms with Gasteiger partial charge in [0.25, 0.3) is 0 Å². The molecule has 5 rings (SSSR count). The van der Waals surface area contributed by atoms with Crippen LogP contribution in [0, 0.1) is 5.82 Å². The van der Waals surface area contributed by atoms with Crippen molar-refractivity contribution in [3.05, 3.63) is 90.0 Å². The van der Waals surface area contributed by atoms with E-state index in [0.717, 1.165) is 55.9 Å². The van der Waals surface area contributed by atoms with E-state index in [1.54, 1.807) is 23.2 Å². The summed E-state index contributed by atoms with van der Waals surface area (Å²) in [7, 11) is 0. The minimum absolute atomic E-state index is 0.319. The van der Waals surface area contributed by atoms with E-state index in [9.17, 15) is 9.18 Å². The maximum atomic E-state index is 13.3. The Morgan fingerprint density at radius 1 is 1.00 bits per heavy atom. The van der Waals surface area contributed by atoms with E-state index in [1.165, 1.54) is 12.1 Å². The number of anilines is 1. The first-order valence-corrected chi connectivity index (χ1v) is 11.7. The summed E-state index contributed by atoms with van der Waals surface area (Å²) in [5.74, 6) is 0.544. The molecule has 2 aliphatic heterocycles. The smallest absolute Gasteiger partial charge is 0.415 e. The first kappa shape index (κ1) is 22.3. The number of halogens is 1. The molecule has 0 saturated carbocycles. The number of pyridine rings is 1. The maximum absolute atomic E-state index is 13.3. The van der Waals surface area contributed by atoms with Crippen molar-refractivity contribution in [1.82, 2.24) is 9.88 Å². The second-order valence-electron chi connectivity index (χ2n) is 8.96. The Morgan fingerprint density at radius 3 is 2.65 bits per heavy atom. The first-order chi connectivity index (χ1) is 16.6. The third-order valence-corrected chi connectivity index (χ3v) is 6.57. The van der Waals surface area contributed by atoms with Crippen molar-refractivity contribution in [2.45, 2.75) is 38.0 Å². The molecule has 2 fully saturated rings. The van der Waals surface area contributed by atoms with Crippen LogP contribution in [0.1, 0.15) is 30.5 Å². The van der Waals surface area contributed by atoms with Crippen LogP contribution in [-0.4, -0.2) is 41.2 Å². The highest BCUT2D eigenvalue weighted by atomic mass is 19.1. The minimum Gasteiger partial charge on any atom is -0.487 e. The van der Waals surface area contributed by atoms with Gasteiger partial charge in [-0.25, -0.2) is 9.18 Å². The van der Waals surface area contributed by atoms with E-state index >= 15 is 0 Å². The molecular formula is C27H28FN3O3. The molecule has 0 radical (unpaired) electrons. The quantitative estimate of drug-likeness (QED) is 0.506. The number of aromatic nitrogens is 1. The fourth-order valence-electron chi connectivity index (χ4n) is 4.74. The molecule has 1 aromatic heterocycles. The number of para-hydroxylation sites is 1. The molecule has 3 heterocycles. The molecule has 2 aromatic carbocycles. The number of benzene rings is 2. The molecule has 1 atom stereocenters. The lowest BCUT2D eigenvalue weighted by atomic mass is 9.95. The fourth-order valence-corrected chi connectivity index (χ4v) is 4.74. The van der Waals surface area contributed by atoms with Gasteiger partial charge in [0.1, 0.15) is 23.8 Å². The van der Waals surface area contributed by atoms with Crippen LogP contribution in [0.2, 0.25) is 0 Å². The minimum atomic E-state index is -0.505. The zero-order valence-corrected chi connectivity index (χ0v) is 19.0. The SMILES string of the molecule is O=C1O[C@]2(CCCN(Cc3ccccc3OCc3ccccn3)CC2)CN1c1ccc(F)cc1. The Balaban J connectivity index is 1.22. The Bertz CT molecular complexity index is 1130. The number of nitrogens with zero attached hydrogens (tertiary/aromatic N) is 3. The largest absolute Gasteiger partial charge is 0.487 e. The number of hydrogen-bond acceptors (Lipinski definition) is 5. The highest BCUT2D eigenvalue weighted by Gasteiger charge is 2.46. The molecule has 2 aliphatic rings. The fraction of sp³-hybridized carbons (Fsp3) is 0.333. The van der Waals surface area contributed by atoms with Gasteiger partial charge in [0.05, 0.1) is 12.2 Å². The number of rotatable bonds is 6. The third-order valence-electron chi connectivity index (χ3n) is 6.57. The first-order valence-electron chi connectivity index (χ1n) is 11.7. The summed E-state index contributed by atoms with van der Waals surface area (Å²) >= 11 is 0. The van der Waals surface area contributed by atoms with Gasteiger partial charge in [0.15, 0.2) is 0 Å². The highest BCUT2D eigenvalue weighted by Crippen LogP contribution is 2.36. The molecule has 0 aliphatic carbocycles. The average Bonchev–Trinajstić information content (AvgIpc) is 3.06. The molecule has 1 spiro atoms. The predicted molar refractivity (Wildman–Crippen MR) is 127 cm³/mol. The van der Waals surface area contributed by atoms with E-state index in [4.69, 9.17) is 9.47 Å². The Morgan fingerprint density at radius 2 is 1.82 bits per heavy atom. The number of carbonyl (C=O) groups is 1. The Kier molecular flexibility index (Phi) is 6.45. The van der Waals surface area contributed by atoms with Gasteiger partial charge < -0.3 is 9.47 Å². The molecule has 0 unspecified atom stereocenters. The van der Waals surface area contributed by atoms with Crippen LogP contribution in [0.5, 0.6) is 5.75 Å². The summed E-state index contributed by atoms with van der Waals surface area (Å²) in [6.45, 7) is 3.43. The number of hydrogen-bond donors (Lipinski definition) is 0. The van der Waals surface area contributed by atoms with Gasteiger partial charge in [0.2, 0.25) is 0 Å². The van der Waals surface area contributed by atoms with Crippen molar-refractivity contribution in [2.75, 3.05) is 24.5 Å². The van der Waals surface area contributed by atoms with E-state index in [2.05, 4.69) is 16.0 Å². The Hall–Kier alpha value is -3.45. The monoisotopic (exact) mass is 461 g/mol. The Labute approximate surface area is 198 Å². The van der Waals surface area contributed by atoms with Gasteiger partial charge in [-0.3, -0.25) is 14.8 Å². The predicted octanol–water partition coefficient (Wildman–Crippen LogP) is 5.18. The van der Waals surface area contributed by atoms with Crippen molar-refractivity contribution >= 4 is 11.8 Å². The molecule has 0 N–H and O–H groups in total. The van der Waals surface area contributed by atoms with Crippen LogP contribution < -0.4 is 9.64 Å². The second kappa shape index (κ2) is 9.81. The lowest BCUT2D eigenvalue weighted by molar-refractivity contribution is 0.0443. The topological polar surface area (TPSA) is 54.9 Å². The standard InChI is InChI=1S/C27H28FN3O3/c28-22-9-11-24(12-10-22)31-20-27(34-26(31)32)13-5-16-30(17-14-27)18-21-6-1-2-8-25(21)33-19-23-7-3-4-15-29-23/h1-4,6-12,15H,5,13-14,16-20H2/t27-/m0/s1. The van der Waals surface area contributed by atoms with E-state index in [0.29, 0.717) is 18.8 Å². The second-order valence-corrected chi connectivity index (χ2v) is 8.96. The van der Waals surface area contributed by atoms with Gasteiger partial charge in [-0.15, -0.1) is 0 Å². The molecule has 7 heteroatoms. The lowest BCUT2D eigenvalue weighted by Crippen LogP contribution is -2.36. The van der Waals surface area contributed by atoms with E-state index < -0.39 is 5.60 Å². The number of likely N-dealkylation sites (tertiary alicyclic amines) is 1. The molecular weight excluding hydrogens is 433 g/mol. The van der Waals surface area contributed by atoms with Gasteiger partial charge in [-0.05, 0) is 61.9 Å². The zero-order chi connectivity index (χ0) is 23.4. The van der Waals surface area contributed by atoms with Crippen molar-refractivity contribution in [3.63, 3.8) is 0 Å². The number of carbonyl (C=O) groups excluding carboxylic acids is 1. The molecule has 2 saturated heterocycles. The van der Waals surface area contributed by atoms with Crippen molar-refractivity contribution in [2.24, 2.45) is 0 Å². The summed E-state index contributed by atoms with van der Waals surface area (Å²) in [5.41, 5.74) is 2.19. The van der Waals surface area contributed by atoms with Crippen LogP contribution in [0.15, 0.2) is 72.9 Å². The van der Waals surface area contributed by atoms with Gasteiger partial charge in [-0.1, -0.05) is 24.3 Å². The normalized spacial score (nSPS) is 20.9. The van der Waals surface area contributed by atoms with Gasteiger partial charge in [0, 0.05) is 37.0 Å². The van der Waals surface area contributed by atoms with Gasteiger partial charge >= 0.3 is 6.09 Å². The third kappa shape index (κ3) is 5.04. The van der Waals surface area contributed by atoms with Crippen molar-refractivity contribution in [1.29, 1.82) is 0 Å². The number of ether oxygens (including phenoxy) is 2. The lowest BCUT2D eigenvalue weighted by Gasteiger charge is -2.26. The average molecular weight is 462 g/mol. The summed E-state index contributed by atoms with van der Waals surface area (Å²) in [5, 5.41) is 0. The van der Waals surface area contributed by atoms with Gasteiger partial charge in [-0.2, -0.15) is 0 Å². The molecule has 1 amide bonds. The summed E-state index contributed by atoms with van der Waals surface area (Å²) < 4.78 is 25.3. The van der Waals surface area contributed by atoms with Crippen LogP contribution >= 0.6 is 0 Å². The van der Waals surface area contributed by atoms with Crippen LogP contribution in [0.25, 0.3) is 0 Å². The molecule has 176 valence electrons. The van der Waals surface area contributed by atoms with Crippen molar-refractivity contribution < 1.29 is 18.7 Å². The van der Waals surface area contributed by atoms with Crippen molar-refractivity contribution in [3.8, 4) is 5.75 Å². The van der Waals surface area contributed by atoms with Crippen LogP contribution in [0.3, 0.4) is 0 Å². The number of amides is 1. The summed E-state index contributed by atoms with van der Waals surface area (Å²) in [6, 6.07) is 19.9. The summed E-state index contributed by atoms with van der Waals surface area (Å²) in [4.78, 5) is 21.0. The molecule has 0 bridgehead atoms. The maximum Gasteiger partial charge on any atom is 0.415 e. The highest BCUT2D eigenvalue weighted by molar-refractivity contribution is 5.90. The molecule has 3 aromatic rings. The van der Waals surface area contributed by atoms with E-state index in [-0.39, 0.29) is 11.9 Å². The van der Waals surface area contributed by atoms with Crippen LogP contribution in [-0.2, 0) is 17.9 Å².